The van der Waals surface area contributed by atoms with Gasteiger partial charge in [0.1, 0.15) is 18.1 Å². The number of hydrogen-bond acceptors (Lipinski definition) is 6. The van der Waals surface area contributed by atoms with Crippen molar-refractivity contribution in [2.75, 3.05) is 0 Å². The number of nitrogens with one attached hydrogen (secondary N) is 1. The summed E-state index contributed by atoms with van der Waals surface area (Å²) in [4.78, 5) is 24.0. The number of aryl methyl sites for hydroxylation is 2. The van der Waals surface area contributed by atoms with Gasteiger partial charge in [-0.05, 0) is 57.9 Å². The molecule has 1 fully saturated rings. The maximum atomic E-state index is 12.1. The number of benzene rings is 1. The molecule has 0 bridgehead atoms. The summed E-state index contributed by atoms with van der Waals surface area (Å²) in [7, 11) is 0. The molecule has 2 aromatic rings. The number of ether oxygens (including phenoxy) is 2. The summed E-state index contributed by atoms with van der Waals surface area (Å²) in [6.45, 7) is 5.59. The summed E-state index contributed by atoms with van der Waals surface area (Å²) < 4.78 is 16.0. The van der Waals surface area contributed by atoms with Gasteiger partial charge in [-0.25, -0.2) is 4.79 Å². The second-order valence-corrected chi connectivity index (χ2v) is 6.45. The molecule has 138 valence electrons. The van der Waals surface area contributed by atoms with E-state index in [-0.39, 0.29) is 11.9 Å². The van der Waals surface area contributed by atoms with Crippen LogP contribution in [0.1, 0.15) is 47.1 Å². The molecule has 26 heavy (non-hydrogen) atoms. The Hall–Kier alpha value is -2.83. The molecule has 1 aromatic carbocycles. The Kier molecular flexibility index (Phi) is 5.25. The van der Waals surface area contributed by atoms with Gasteiger partial charge in [-0.1, -0.05) is 5.16 Å². The van der Waals surface area contributed by atoms with E-state index in [2.05, 4.69) is 10.5 Å². The second-order valence-electron chi connectivity index (χ2n) is 6.45. The molecule has 1 N–H and O–H groups in total. The van der Waals surface area contributed by atoms with Crippen LogP contribution >= 0.6 is 0 Å². The molecule has 1 atom stereocenters. The maximum Gasteiger partial charge on any atom is 0.338 e. The van der Waals surface area contributed by atoms with E-state index in [4.69, 9.17) is 14.0 Å². The largest absolute Gasteiger partial charge is 0.489 e. The first-order chi connectivity index (χ1) is 12.4. The number of nitrogens with zero attached hydrogens (tertiary/aromatic N) is 1. The molecule has 7 nitrogen and oxygen atoms in total. The van der Waals surface area contributed by atoms with Crippen LogP contribution in [0, 0.1) is 13.8 Å². The van der Waals surface area contributed by atoms with Gasteiger partial charge in [-0.2, -0.15) is 0 Å². The van der Waals surface area contributed by atoms with Crippen LogP contribution in [-0.4, -0.2) is 29.2 Å². The summed E-state index contributed by atoms with van der Waals surface area (Å²) in [6, 6.07) is 6.82. The van der Waals surface area contributed by atoms with Crippen LogP contribution in [0.25, 0.3) is 0 Å². The van der Waals surface area contributed by atoms with E-state index >= 15 is 0 Å². The first kappa shape index (κ1) is 18.0. The summed E-state index contributed by atoms with van der Waals surface area (Å²) >= 11 is 0. The van der Waals surface area contributed by atoms with Crippen molar-refractivity contribution in [1.29, 1.82) is 0 Å². The van der Waals surface area contributed by atoms with Crippen LogP contribution in [0.2, 0.25) is 0 Å². The molecule has 3 rings (SSSR count). The van der Waals surface area contributed by atoms with E-state index in [0.29, 0.717) is 17.9 Å². The van der Waals surface area contributed by atoms with Crippen molar-refractivity contribution in [2.24, 2.45) is 0 Å². The number of carbonyl (C=O) groups excluding carboxylic acids is 2. The first-order valence-electron chi connectivity index (χ1n) is 8.60. The van der Waals surface area contributed by atoms with Crippen LogP contribution in [0.4, 0.5) is 0 Å². The highest BCUT2D eigenvalue weighted by molar-refractivity contribution is 5.92. The SMILES string of the molecule is Cc1noc(C)c1COc1ccc(C(=O)O[C@H](C)C(=O)NC2CC2)cc1. The molecule has 1 heterocycles. The molecule has 1 aliphatic rings. The minimum atomic E-state index is -0.821. The Morgan fingerprint density at radius 3 is 2.54 bits per heavy atom. The van der Waals surface area contributed by atoms with Crippen molar-refractivity contribution in [3.8, 4) is 5.75 Å². The summed E-state index contributed by atoms with van der Waals surface area (Å²) in [6.07, 6.45) is 1.16. The molecule has 1 aromatic heterocycles. The van der Waals surface area contributed by atoms with Gasteiger partial charge in [0, 0.05) is 6.04 Å². The van der Waals surface area contributed by atoms with Gasteiger partial charge in [0.15, 0.2) is 6.10 Å². The lowest BCUT2D eigenvalue weighted by Crippen LogP contribution is -2.37. The molecule has 0 unspecified atom stereocenters. The van der Waals surface area contributed by atoms with Crippen molar-refractivity contribution in [1.82, 2.24) is 10.5 Å². The standard InChI is InChI=1S/C19H22N2O5/c1-11-17(12(2)26-21-11)10-24-16-8-4-14(5-9-16)19(23)25-13(3)18(22)20-15-6-7-15/h4-5,8-9,13,15H,6-7,10H2,1-3H3,(H,20,22)/t13-/m1/s1. The zero-order valence-corrected chi connectivity index (χ0v) is 15.1. The van der Waals surface area contributed by atoms with Gasteiger partial charge >= 0.3 is 5.97 Å². The fourth-order valence-corrected chi connectivity index (χ4v) is 2.38. The van der Waals surface area contributed by atoms with Crippen LogP contribution in [-0.2, 0) is 16.1 Å². The van der Waals surface area contributed by atoms with E-state index in [1.165, 1.54) is 0 Å². The molecule has 1 amide bonds. The van der Waals surface area contributed by atoms with Crippen molar-refractivity contribution >= 4 is 11.9 Å². The third-order valence-electron chi connectivity index (χ3n) is 4.23. The average Bonchev–Trinajstić information content (AvgIpc) is 3.38. The Labute approximate surface area is 151 Å². The number of carbonyl (C=O) groups is 2. The number of hydrogen-bond donors (Lipinski definition) is 1. The Bertz CT molecular complexity index is 773. The van der Waals surface area contributed by atoms with Gasteiger partial charge in [-0.3, -0.25) is 4.79 Å². The minimum Gasteiger partial charge on any atom is -0.489 e. The second kappa shape index (κ2) is 7.59. The first-order valence-corrected chi connectivity index (χ1v) is 8.60. The van der Waals surface area contributed by atoms with E-state index in [9.17, 15) is 9.59 Å². The third kappa shape index (κ3) is 4.41. The highest BCUT2D eigenvalue weighted by Crippen LogP contribution is 2.20. The van der Waals surface area contributed by atoms with E-state index in [0.717, 1.165) is 29.9 Å². The van der Waals surface area contributed by atoms with Crippen molar-refractivity contribution < 1.29 is 23.6 Å². The quantitative estimate of drug-likeness (QED) is 0.765. The van der Waals surface area contributed by atoms with Crippen molar-refractivity contribution in [2.45, 2.75) is 52.4 Å². The monoisotopic (exact) mass is 358 g/mol. The highest BCUT2D eigenvalue weighted by Gasteiger charge is 2.27. The van der Waals surface area contributed by atoms with Crippen LogP contribution in [0.15, 0.2) is 28.8 Å². The zero-order valence-electron chi connectivity index (χ0n) is 15.1. The minimum absolute atomic E-state index is 0.234. The lowest BCUT2D eigenvalue weighted by Gasteiger charge is -2.13. The number of esters is 1. The van der Waals surface area contributed by atoms with Gasteiger partial charge in [0.2, 0.25) is 0 Å². The number of amides is 1. The van der Waals surface area contributed by atoms with Gasteiger partial charge in [0.05, 0.1) is 16.8 Å². The Morgan fingerprint density at radius 2 is 1.96 bits per heavy atom. The molecule has 1 aliphatic carbocycles. The summed E-state index contributed by atoms with van der Waals surface area (Å²) in [5, 5.41) is 6.69. The predicted molar refractivity (Wildman–Crippen MR) is 92.8 cm³/mol. The lowest BCUT2D eigenvalue weighted by atomic mass is 10.2. The fourth-order valence-electron chi connectivity index (χ4n) is 2.38. The number of aromatic nitrogens is 1. The van der Waals surface area contributed by atoms with Gasteiger partial charge in [0.25, 0.3) is 5.91 Å². The van der Waals surface area contributed by atoms with E-state index in [1.54, 1.807) is 31.2 Å². The predicted octanol–water partition coefficient (Wildman–Crippen LogP) is 2.69. The van der Waals surface area contributed by atoms with Crippen LogP contribution in [0.5, 0.6) is 5.75 Å². The smallest absolute Gasteiger partial charge is 0.338 e. The molecular weight excluding hydrogens is 336 g/mol. The van der Waals surface area contributed by atoms with Gasteiger partial charge in [-0.15, -0.1) is 0 Å². The normalized spacial score (nSPS) is 14.6. The molecule has 0 radical (unpaired) electrons. The Balaban J connectivity index is 1.53. The molecule has 7 heteroatoms. The summed E-state index contributed by atoms with van der Waals surface area (Å²) in [5.41, 5.74) is 2.06. The van der Waals surface area contributed by atoms with Crippen molar-refractivity contribution in [3.63, 3.8) is 0 Å². The molecule has 0 saturated heterocycles. The topological polar surface area (TPSA) is 90.7 Å². The lowest BCUT2D eigenvalue weighted by molar-refractivity contribution is -0.129. The summed E-state index contributed by atoms with van der Waals surface area (Å²) in [5.74, 6) is 0.531. The fraction of sp³-hybridized carbons (Fsp3) is 0.421. The number of rotatable bonds is 7. The van der Waals surface area contributed by atoms with Crippen LogP contribution < -0.4 is 10.1 Å². The van der Waals surface area contributed by atoms with Crippen molar-refractivity contribution in [3.05, 3.63) is 46.8 Å². The van der Waals surface area contributed by atoms with Gasteiger partial charge < -0.3 is 19.3 Å². The van der Waals surface area contributed by atoms with E-state index < -0.39 is 12.1 Å². The highest BCUT2D eigenvalue weighted by atomic mass is 16.5. The van der Waals surface area contributed by atoms with E-state index in [1.807, 2.05) is 13.8 Å². The molecule has 0 aliphatic heterocycles. The Morgan fingerprint density at radius 1 is 1.27 bits per heavy atom. The molecule has 1 saturated carbocycles. The maximum absolute atomic E-state index is 12.1. The van der Waals surface area contributed by atoms with Crippen LogP contribution in [0.3, 0.4) is 0 Å². The molecular formula is C19H22N2O5. The molecule has 0 spiro atoms. The average molecular weight is 358 g/mol. The third-order valence-corrected chi connectivity index (χ3v) is 4.23. The zero-order chi connectivity index (χ0) is 18.7.